The minimum atomic E-state index is -2.12. The second-order valence-electron chi connectivity index (χ2n) is 11.2. The van der Waals surface area contributed by atoms with Crippen LogP contribution in [0.3, 0.4) is 0 Å². The molecule has 1 heterocycles. The molecule has 5 aromatic rings. The number of ether oxygens (including phenoxy) is 2. The molecule has 5 rings (SSSR count). The van der Waals surface area contributed by atoms with Crippen LogP contribution in [0.4, 0.5) is 5.69 Å². The van der Waals surface area contributed by atoms with Gasteiger partial charge in [-0.1, -0.05) is 75.4 Å². The summed E-state index contributed by atoms with van der Waals surface area (Å²) >= 11 is 0. The van der Waals surface area contributed by atoms with Gasteiger partial charge in [0.1, 0.15) is 12.4 Å². The summed E-state index contributed by atoms with van der Waals surface area (Å²) in [7, 11) is -2.12. The number of para-hydroxylation sites is 1. The van der Waals surface area contributed by atoms with Crippen LogP contribution >= 0.6 is 0 Å². The van der Waals surface area contributed by atoms with Gasteiger partial charge in [0.15, 0.2) is 14.1 Å². The number of benzene rings is 4. The van der Waals surface area contributed by atoms with Gasteiger partial charge in [0.2, 0.25) is 0 Å². The molecule has 3 N–H and O–H groups in total. The van der Waals surface area contributed by atoms with E-state index in [1.165, 1.54) is 5.39 Å². The molecule has 0 aliphatic rings. The van der Waals surface area contributed by atoms with Crippen LogP contribution in [0.25, 0.3) is 21.8 Å². The predicted octanol–water partition coefficient (Wildman–Crippen LogP) is 8.67. The highest BCUT2D eigenvalue weighted by Gasteiger charge is 2.36. The number of hydrogen-bond acceptors (Lipinski definition) is 6. The van der Waals surface area contributed by atoms with Crippen molar-refractivity contribution >= 4 is 35.8 Å². The Morgan fingerprint density at radius 2 is 1.55 bits per heavy atom. The smallest absolute Gasteiger partial charge is 0.311 e. The molecule has 0 amide bonds. The summed E-state index contributed by atoms with van der Waals surface area (Å²) in [6.07, 6.45) is 0.0000489. The Bertz CT molecular complexity index is 1700. The van der Waals surface area contributed by atoms with E-state index in [0.29, 0.717) is 18.6 Å². The lowest BCUT2D eigenvalue weighted by atomic mass is 10.00. The van der Waals surface area contributed by atoms with Crippen molar-refractivity contribution in [3.8, 4) is 11.5 Å². The number of H-pyrrole nitrogens is 1. The van der Waals surface area contributed by atoms with Crippen molar-refractivity contribution in [3.63, 3.8) is 0 Å². The molecule has 8 nitrogen and oxygen atoms in total. The molecule has 2 unspecified atom stereocenters. The van der Waals surface area contributed by atoms with E-state index in [1.807, 2.05) is 60.7 Å². The quantitative estimate of drug-likeness (QED) is 0.0696. The number of nitrogens with two attached hydrogens (primary N) is 1. The first-order valence-corrected chi connectivity index (χ1v) is 17.9. The number of nitro groups is 1. The summed E-state index contributed by atoms with van der Waals surface area (Å²) in [6, 6.07) is 31.3. The molecule has 0 aliphatic carbocycles. The zero-order chi connectivity index (χ0) is 31.1. The molecule has 0 fully saturated rings. The minimum absolute atomic E-state index is 0.0983. The first-order valence-electron chi connectivity index (χ1n) is 15.4. The molecule has 0 saturated carbocycles. The Morgan fingerprint density at radius 1 is 0.841 bits per heavy atom. The molecule has 2 atom stereocenters. The Balaban J connectivity index is 1.35. The van der Waals surface area contributed by atoms with Crippen molar-refractivity contribution in [2.45, 2.75) is 64.1 Å². The molecule has 0 spiro atoms. The molecular weight excluding hydrogens is 570 g/mol. The van der Waals surface area contributed by atoms with Crippen molar-refractivity contribution in [2.75, 3.05) is 6.61 Å². The molecule has 0 radical (unpaired) electrons. The summed E-state index contributed by atoms with van der Waals surface area (Å²) in [5.41, 5.74) is 10.5. The highest BCUT2D eigenvalue weighted by Crippen LogP contribution is 2.37. The molecular formula is C35H41N3O5Si. The van der Waals surface area contributed by atoms with Crippen molar-refractivity contribution in [1.82, 2.24) is 4.98 Å². The summed E-state index contributed by atoms with van der Waals surface area (Å²) < 4.78 is 19.0. The number of hydrogen-bond donors (Lipinski definition) is 2. The van der Waals surface area contributed by atoms with E-state index in [2.05, 4.69) is 44.0 Å². The fourth-order valence-corrected chi connectivity index (χ4v) is 8.62. The molecule has 44 heavy (non-hydrogen) atoms. The van der Waals surface area contributed by atoms with Crippen LogP contribution in [0.15, 0.2) is 91.0 Å². The maximum Gasteiger partial charge on any atom is 0.311 e. The van der Waals surface area contributed by atoms with Crippen LogP contribution in [0, 0.1) is 10.1 Å². The van der Waals surface area contributed by atoms with Gasteiger partial charge < -0.3 is 24.6 Å². The Kier molecular flexibility index (Phi) is 9.99. The molecule has 0 aliphatic heterocycles. The van der Waals surface area contributed by atoms with Crippen LogP contribution in [0.2, 0.25) is 18.1 Å². The van der Waals surface area contributed by atoms with Gasteiger partial charge in [-0.15, -0.1) is 0 Å². The van der Waals surface area contributed by atoms with Crippen LogP contribution in [0.1, 0.15) is 44.4 Å². The fourth-order valence-electron chi connectivity index (χ4n) is 5.77. The molecule has 4 aromatic carbocycles. The van der Waals surface area contributed by atoms with Crippen molar-refractivity contribution in [1.29, 1.82) is 0 Å². The highest BCUT2D eigenvalue weighted by atomic mass is 28.4. The van der Waals surface area contributed by atoms with E-state index < -0.39 is 25.4 Å². The van der Waals surface area contributed by atoms with Crippen LogP contribution in [-0.2, 0) is 11.0 Å². The average Bonchev–Trinajstić information content (AvgIpc) is 3.43. The molecule has 0 bridgehead atoms. The minimum Gasteiger partial charge on any atom is -0.493 e. The Labute approximate surface area is 259 Å². The predicted molar refractivity (Wildman–Crippen MR) is 179 cm³/mol. The summed E-state index contributed by atoms with van der Waals surface area (Å²) in [5, 5.41) is 14.5. The van der Waals surface area contributed by atoms with Crippen LogP contribution in [0.5, 0.6) is 11.5 Å². The van der Waals surface area contributed by atoms with Gasteiger partial charge in [0.25, 0.3) is 0 Å². The SMILES string of the molecule is CC[Si](CC)(CC)OC(c1ccc(OCc2ccccc2)c([N+](=O)[O-])c1)C(N)CCOc1ccc2c(c1)[nH]c1ccccc12. The largest absolute Gasteiger partial charge is 0.493 e. The van der Waals surface area contributed by atoms with Gasteiger partial charge in [-0.3, -0.25) is 10.1 Å². The summed E-state index contributed by atoms with van der Waals surface area (Å²) in [4.78, 5) is 15.2. The number of fused-ring (bicyclic) bond motifs is 3. The van der Waals surface area contributed by atoms with Crippen molar-refractivity contribution < 1.29 is 18.8 Å². The third-order valence-corrected chi connectivity index (χ3v) is 13.3. The number of nitro benzene ring substituents is 1. The third kappa shape index (κ3) is 6.96. The molecule has 0 saturated heterocycles. The summed E-state index contributed by atoms with van der Waals surface area (Å²) in [5.74, 6) is 0.972. The van der Waals surface area contributed by atoms with E-state index in [1.54, 1.807) is 12.1 Å². The second-order valence-corrected chi connectivity index (χ2v) is 15.9. The number of nitrogens with zero attached hydrogens (tertiary/aromatic N) is 1. The Morgan fingerprint density at radius 3 is 2.27 bits per heavy atom. The maximum atomic E-state index is 12.2. The van der Waals surface area contributed by atoms with E-state index in [9.17, 15) is 10.1 Å². The molecule has 230 valence electrons. The highest BCUT2D eigenvalue weighted by molar-refractivity contribution is 6.73. The van der Waals surface area contributed by atoms with E-state index >= 15 is 0 Å². The topological polar surface area (TPSA) is 113 Å². The van der Waals surface area contributed by atoms with E-state index in [4.69, 9.17) is 19.6 Å². The van der Waals surface area contributed by atoms with Gasteiger partial charge in [0, 0.05) is 34.5 Å². The molecule has 1 aromatic heterocycles. The Hall–Kier alpha value is -4.18. The van der Waals surface area contributed by atoms with Gasteiger partial charge in [0.05, 0.1) is 23.2 Å². The first-order chi connectivity index (χ1) is 21.4. The van der Waals surface area contributed by atoms with Crippen molar-refractivity contribution in [2.24, 2.45) is 5.73 Å². The first kappa shape index (κ1) is 31.2. The number of aromatic amines is 1. The van der Waals surface area contributed by atoms with Crippen molar-refractivity contribution in [3.05, 3.63) is 112 Å². The van der Waals surface area contributed by atoms with Crippen LogP contribution < -0.4 is 15.2 Å². The maximum absolute atomic E-state index is 12.2. The lowest BCUT2D eigenvalue weighted by molar-refractivity contribution is -0.386. The molecule has 9 heteroatoms. The second kappa shape index (κ2) is 14.1. The van der Waals surface area contributed by atoms with Gasteiger partial charge >= 0.3 is 5.69 Å². The van der Waals surface area contributed by atoms with Gasteiger partial charge in [-0.2, -0.15) is 0 Å². The van der Waals surface area contributed by atoms with Crippen LogP contribution in [-0.4, -0.2) is 30.9 Å². The van der Waals surface area contributed by atoms with E-state index in [0.717, 1.165) is 45.9 Å². The third-order valence-electron chi connectivity index (χ3n) is 8.64. The van der Waals surface area contributed by atoms with E-state index in [-0.39, 0.29) is 18.0 Å². The van der Waals surface area contributed by atoms with Gasteiger partial charge in [-0.05, 0) is 59.9 Å². The number of nitrogens with one attached hydrogen (secondary N) is 1. The van der Waals surface area contributed by atoms with Gasteiger partial charge in [-0.25, -0.2) is 0 Å². The fraction of sp³-hybridized carbons (Fsp3) is 0.314. The zero-order valence-corrected chi connectivity index (χ0v) is 26.6. The number of rotatable bonds is 15. The number of aromatic nitrogens is 1. The monoisotopic (exact) mass is 611 g/mol. The zero-order valence-electron chi connectivity index (χ0n) is 25.6. The lowest BCUT2D eigenvalue weighted by Gasteiger charge is -2.36. The lowest BCUT2D eigenvalue weighted by Crippen LogP contribution is -2.43. The summed E-state index contributed by atoms with van der Waals surface area (Å²) in [6.45, 7) is 7.10. The standard InChI is InChI=1S/C35H41N3O5Si/c1-4-44(5-2,6-3)43-35(26-16-19-34(33(22-26)38(39)40)42-24-25-12-8-7-9-13-25)30(36)20-21-41-27-17-18-29-28-14-10-11-15-31(28)37-32(29)23-27/h7-19,22-23,30,35,37H,4-6,20-21,24,36H2,1-3H3. The normalized spacial score (nSPS) is 13.2. The average molecular weight is 612 g/mol.